The Balaban J connectivity index is 2.08. The van der Waals surface area contributed by atoms with Crippen LogP contribution in [-0.2, 0) is 0 Å². The molecule has 0 aromatic carbocycles. The Kier molecular flexibility index (Phi) is 1.31. The van der Waals surface area contributed by atoms with Gasteiger partial charge in [0.05, 0.1) is 0 Å². The van der Waals surface area contributed by atoms with E-state index in [0.29, 0.717) is 0 Å². The molecule has 2 bridgehead atoms. The molecular weight excluding hydrogens is 110 g/mol. The van der Waals surface area contributed by atoms with Crippen molar-refractivity contribution in [2.24, 2.45) is 0 Å². The van der Waals surface area contributed by atoms with E-state index in [-0.39, 0.29) is 0 Å². The molecule has 0 aliphatic carbocycles. The minimum absolute atomic E-state index is 0.720. The van der Waals surface area contributed by atoms with Crippen LogP contribution in [0.1, 0.15) is 25.7 Å². The predicted octanol–water partition coefficient (Wildman–Crippen LogP) is 1.46. The largest absolute Gasteiger partial charge is 0.304 e. The Morgan fingerprint density at radius 1 is 1.00 bits per heavy atom. The van der Waals surface area contributed by atoms with Crippen LogP contribution in [0.3, 0.4) is 0 Å². The molecular formula is C8H13N. The summed E-state index contributed by atoms with van der Waals surface area (Å²) in [6.07, 6.45) is 10.2. The third-order valence-electron chi connectivity index (χ3n) is 2.28. The topological polar surface area (TPSA) is 12.0 Å². The molecule has 0 amide bonds. The molecule has 2 heterocycles. The van der Waals surface area contributed by atoms with E-state index in [2.05, 4.69) is 17.5 Å². The number of fused-ring (bicyclic) bond motifs is 2. The van der Waals surface area contributed by atoms with Gasteiger partial charge >= 0.3 is 0 Å². The summed E-state index contributed by atoms with van der Waals surface area (Å²) in [4.78, 5) is 0. The van der Waals surface area contributed by atoms with Crippen molar-refractivity contribution in [2.75, 3.05) is 0 Å². The highest BCUT2D eigenvalue weighted by molar-refractivity contribution is 5.09. The molecule has 1 N–H and O–H groups in total. The first-order valence-corrected chi connectivity index (χ1v) is 3.89. The monoisotopic (exact) mass is 123 g/mol. The van der Waals surface area contributed by atoms with Gasteiger partial charge in [0.15, 0.2) is 0 Å². The van der Waals surface area contributed by atoms with Crippen LogP contribution in [0.25, 0.3) is 0 Å². The smallest absolute Gasteiger partial charge is 0.0256 e. The summed E-state index contributed by atoms with van der Waals surface area (Å²) < 4.78 is 0. The van der Waals surface area contributed by atoms with Crippen LogP contribution in [-0.4, -0.2) is 12.1 Å². The van der Waals surface area contributed by atoms with E-state index in [1.807, 2.05) is 0 Å². The highest BCUT2D eigenvalue weighted by Crippen LogP contribution is 2.19. The maximum absolute atomic E-state index is 3.54. The van der Waals surface area contributed by atoms with Crippen molar-refractivity contribution in [2.45, 2.75) is 37.8 Å². The SMILES string of the molecule is C1=C[C@H]2CCCC[C@@H]1N2. The summed E-state index contributed by atoms with van der Waals surface area (Å²) >= 11 is 0. The quantitative estimate of drug-likeness (QED) is 0.481. The molecule has 1 fully saturated rings. The van der Waals surface area contributed by atoms with Crippen LogP contribution in [0.4, 0.5) is 0 Å². The van der Waals surface area contributed by atoms with Crippen LogP contribution in [0.2, 0.25) is 0 Å². The summed E-state index contributed by atoms with van der Waals surface area (Å²) in [5.41, 5.74) is 0. The van der Waals surface area contributed by atoms with Gasteiger partial charge < -0.3 is 5.32 Å². The molecule has 0 aromatic rings. The fraction of sp³-hybridized carbons (Fsp3) is 0.750. The van der Waals surface area contributed by atoms with Gasteiger partial charge in [0.25, 0.3) is 0 Å². The van der Waals surface area contributed by atoms with E-state index in [0.717, 1.165) is 12.1 Å². The van der Waals surface area contributed by atoms with E-state index >= 15 is 0 Å². The fourth-order valence-electron chi connectivity index (χ4n) is 1.74. The Morgan fingerprint density at radius 3 is 2.11 bits per heavy atom. The van der Waals surface area contributed by atoms with Gasteiger partial charge in [-0.3, -0.25) is 0 Å². The Hall–Kier alpha value is -0.300. The van der Waals surface area contributed by atoms with E-state index in [1.54, 1.807) is 0 Å². The fourth-order valence-corrected chi connectivity index (χ4v) is 1.74. The molecule has 50 valence electrons. The minimum Gasteiger partial charge on any atom is -0.304 e. The van der Waals surface area contributed by atoms with Crippen LogP contribution in [0, 0.1) is 0 Å². The van der Waals surface area contributed by atoms with E-state index in [1.165, 1.54) is 25.7 Å². The lowest BCUT2D eigenvalue weighted by Gasteiger charge is -2.07. The summed E-state index contributed by atoms with van der Waals surface area (Å²) in [5.74, 6) is 0. The second-order valence-electron chi connectivity index (χ2n) is 3.05. The van der Waals surface area contributed by atoms with Gasteiger partial charge in [-0.15, -0.1) is 0 Å². The molecule has 0 aromatic heterocycles. The molecule has 0 spiro atoms. The Morgan fingerprint density at radius 2 is 1.56 bits per heavy atom. The summed E-state index contributed by atoms with van der Waals surface area (Å²) in [5, 5.41) is 3.54. The van der Waals surface area contributed by atoms with Crippen molar-refractivity contribution >= 4 is 0 Å². The van der Waals surface area contributed by atoms with Crippen LogP contribution in [0.5, 0.6) is 0 Å². The molecule has 1 saturated heterocycles. The first-order valence-electron chi connectivity index (χ1n) is 3.89. The maximum Gasteiger partial charge on any atom is 0.0256 e. The minimum atomic E-state index is 0.720. The van der Waals surface area contributed by atoms with Gasteiger partial charge in [0, 0.05) is 12.1 Å². The molecule has 9 heavy (non-hydrogen) atoms. The lowest BCUT2D eigenvalue weighted by atomic mass is 10.1. The third kappa shape index (κ3) is 1.01. The first-order chi connectivity index (χ1) is 4.45. The standard InChI is InChI=1S/C8H13N/c1-2-4-8-6-5-7(3-1)9-8/h5-9H,1-4H2/t7-,8+. The molecule has 1 heteroatoms. The number of nitrogens with one attached hydrogen (secondary N) is 1. The molecule has 0 saturated carbocycles. The van der Waals surface area contributed by atoms with Crippen molar-refractivity contribution in [3.8, 4) is 0 Å². The number of hydrogen-bond acceptors (Lipinski definition) is 1. The summed E-state index contributed by atoms with van der Waals surface area (Å²) in [6, 6.07) is 1.44. The lowest BCUT2D eigenvalue weighted by molar-refractivity contribution is 0.576. The van der Waals surface area contributed by atoms with Crippen molar-refractivity contribution in [3.63, 3.8) is 0 Å². The van der Waals surface area contributed by atoms with Crippen LogP contribution >= 0.6 is 0 Å². The molecule has 2 aliphatic rings. The predicted molar refractivity (Wildman–Crippen MR) is 38.3 cm³/mol. The molecule has 2 rings (SSSR count). The zero-order chi connectivity index (χ0) is 6.10. The molecule has 0 unspecified atom stereocenters. The van der Waals surface area contributed by atoms with Gasteiger partial charge in [-0.05, 0) is 12.8 Å². The van der Waals surface area contributed by atoms with Crippen molar-refractivity contribution in [1.82, 2.24) is 5.32 Å². The molecule has 2 aliphatic heterocycles. The first kappa shape index (κ1) is 5.48. The van der Waals surface area contributed by atoms with Crippen molar-refractivity contribution < 1.29 is 0 Å². The van der Waals surface area contributed by atoms with Crippen molar-refractivity contribution in [3.05, 3.63) is 12.2 Å². The van der Waals surface area contributed by atoms with Gasteiger partial charge in [-0.2, -0.15) is 0 Å². The summed E-state index contributed by atoms with van der Waals surface area (Å²) in [7, 11) is 0. The summed E-state index contributed by atoms with van der Waals surface area (Å²) in [6.45, 7) is 0. The second kappa shape index (κ2) is 2.14. The molecule has 1 nitrogen and oxygen atoms in total. The zero-order valence-corrected chi connectivity index (χ0v) is 5.64. The maximum atomic E-state index is 3.54. The zero-order valence-electron chi connectivity index (χ0n) is 5.64. The van der Waals surface area contributed by atoms with E-state index < -0.39 is 0 Å². The van der Waals surface area contributed by atoms with Crippen LogP contribution in [0.15, 0.2) is 12.2 Å². The van der Waals surface area contributed by atoms with Crippen molar-refractivity contribution in [1.29, 1.82) is 0 Å². The van der Waals surface area contributed by atoms with Crippen LogP contribution < -0.4 is 5.32 Å². The van der Waals surface area contributed by atoms with Gasteiger partial charge in [-0.1, -0.05) is 25.0 Å². The molecule has 0 radical (unpaired) electrons. The molecule has 2 atom stereocenters. The van der Waals surface area contributed by atoms with Gasteiger partial charge in [0.1, 0.15) is 0 Å². The highest BCUT2D eigenvalue weighted by atomic mass is 15.0. The average molecular weight is 123 g/mol. The number of hydrogen-bond donors (Lipinski definition) is 1. The average Bonchev–Trinajstić information content (AvgIpc) is 2.09. The third-order valence-corrected chi connectivity index (χ3v) is 2.28. The second-order valence-corrected chi connectivity index (χ2v) is 3.05. The van der Waals surface area contributed by atoms with Gasteiger partial charge in [0.2, 0.25) is 0 Å². The van der Waals surface area contributed by atoms with E-state index in [9.17, 15) is 0 Å². The van der Waals surface area contributed by atoms with Gasteiger partial charge in [-0.25, -0.2) is 0 Å². The number of rotatable bonds is 0. The highest BCUT2D eigenvalue weighted by Gasteiger charge is 2.19. The Labute approximate surface area is 56.1 Å². The lowest BCUT2D eigenvalue weighted by Crippen LogP contribution is -2.27. The normalized spacial score (nSPS) is 40.9. The van der Waals surface area contributed by atoms with E-state index in [4.69, 9.17) is 0 Å². The Bertz CT molecular complexity index is 115.